The summed E-state index contributed by atoms with van der Waals surface area (Å²) in [5, 5.41) is 0. The van der Waals surface area contributed by atoms with E-state index < -0.39 is 0 Å². The molecule has 0 N–H and O–H groups in total. The van der Waals surface area contributed by atoms with Crippen LogP contribution in [0.2, 0.25) is 0 Å². The van der Waals surface area contributed by atoms with Crippen LogP contribution in [0.4, 0.5) is 0 Å². The summed E-state index contributed by atoms with van der Waals surface area (Å²) in [5.74, 6) is 2.14. The number of rotatable bonds is 2. The van der Waals surface area contributed by atoms with Crippen LogP contribution in [-0.2, 0) is 0 Å². The van der Waals surface area contributed by atoms with E-state index >= 15 is 0 Å². The first-order valence-electron chi connectivity index (χ1n) is 4.70. The van der Waals surface area contributed by atoms with Crippen LogP contribution in [0.25, 0.3) is 0 Å². The predicted octanol–water partition coefficient (Wildman–Crippen LogP) is 1.69. The molecule has 2 rings (SSSR count). The first-order valence-corrected chi connectivity index (χ1v) is 4.70. The zero-order valence-electron chi connectivity index (χ0n) is 8.42. The Balaban J connectivity index is 2.47. The molecule has 0 spiro atoms. The van der Waals surface area contributed by atoms with E-state index in [0.29, 0.717) is 5.56 Å². The summed E-state index contributed by atoms with van der Waals surface area (Å²) in [5.41, 5.74) is 1.05. The molecule has 0 aliphatic carbocycles. The molecular weight excluding hydrogens is 200 g/mol. The van der Waals surface area contributed by atoms with Crippen LogP contribution in [0, 0.1) is 12.3 Å². The first-order chi connectivity index (χ1) is 7.83. The molecule has 2 aromatic rings. The lowest BCUT2D eigenvalue weighted by Gasteiger charge is -2.01. The third-order valence-corrected chi connectivity index (χ3v) is 2.09. The number of ketones is 1. The molecule has 76 valence electrons. The minimum atomic E-state index is -0.207. The number of terminal acetylenes is 1. The number of nitrogens with zero attached hydrogens (tertiary/aromatic N) is 2. The molecule has 1 aromatic heterocycles. The van der Waals surface area contributed by atoms with E-state index in [1.165, 1.54) is 12.4 Å². The van der Waals surface area contributed by atoms with Crippen molar-refractivity contribution in [2.24, 2.45) is 0 Å². The Labute approximate surface area is 93.2 Å². The fraction of sp³-hybridized carbons (Fsp3) is 0. The molecule has 1 aromatic carbocycles. The maximum absolute atomic E-state index is 12.0. The maximum Gasteiger partial charge on any atom is 0.214 e. The minimum Gasteiger partial charge on any atom is -0.287 e. The smallest absolute Gasteiger partial charge is 0.214 e. The van der Waals surface area contributed by atoms with Gasteiger partial charge in [-0.05, 0) is 5.92 Å². The van der Waals surface area contributed by atoms with Crippen LogP contribution >= 0.6 is 0 Å². The quantitative estimate of drug-likeness (QED) is 0.557. The predicted molar refractivity (Wildman–Crippen MR) is 59.8 cm³/mol. The average Bonchev–Trinajstić information content (AvgIpc) is 2.39. The second kappa shape index (κ2) is 4.37. The van der Waals surface area contributed by atoms with Crippen molar-refractivity contribution in [3.63, 3.8) is 0 Å². The summed E-state index contributed by atoms with van der Waals surface area (Å²) in [6.07, 6.45) is 8.19. The Morgan fingerprint density at radius 3 is 2.50 bits per heavy atom. The molecule has 0 aliphatic rings. The summed E-state index contributed by atoms with van der Waals surface area (Å²) in [6, 6.07) is 8.86. The third kappa shape index (κ3) is 1.82. The van der Waals surface area contributed by atoms with Gasteiger partial charge in [-0.1, -0.05) is 30.3 Å². The number of carbonyl (C=O) groups excluding carboxylic acids is 1. The molecule has 0 saturated carbocycles. The van der Waals surface area contributed by atoms with Gasteiger partial charge < -0.3 is 0 Å². The van der Waals surface area contributed by atoms with Crippen LogP contribution in [0.15, 0.2) is 42.7 Å². The van der Waals surface area contributed by atoms with Crippen molar-refractivity contribution < 1.29 is 4.79 Å². The summed E-state index contributed by atoms with van der Waals surface area (Å²) in [7, 11) is 0. The number of aromatic nitrogens is 2. The maximum atomic E-state index is 12.0. The van der Waals surface area contributed by atoms with Crippen molar-refractivity contribution in [2.45, 2.75) is 0 Å². The second-order valence-corrected chi connectivity index (χ2v) is 3.09. The summed E-state index contributed by atoms with van der Waals surface area (Å²) in [6.45, 7) is 0. The van der Waals surface area contributed by atoms with E-state index in [1.807, 2.05) is 6.07 Å². The van der Waals surface area contributed by atoms with Crippen molar-refractivity contribution in [2.75, 3.05) is 0 Å². The van der Waals surface area contributed by atoms with Gasteiger partial charge in [-0.2, -0.15) is 0 Å². The Morgan fingerprint density at radius 2 is 1.81 bits per heavy atom. The summed E-state index contributed by atoms with van der Waals surface area (Å²) >= 11 is 0. The van der Waals surface area contributed by atoms with Crippen molar-refractivity contribution in [1.29, 1.82) is 0 Å². The monoisotopic (exact) mass is 208 g/mol. The largest absolute Gasteiger partial charge is 0.287 e. The van der Waals surface area contributed by atoms with Gasteiger partial charge >= 0.3 is 0 Å². The van der Waals surface area contributed by atoms with Crippen LogP contribution in [0.5, 0.6) is 0 Å². The Bertz CT molecular complexity index is 556. The van der Waals surface area contributed by atoms with E-state index in [-0.39, 0.29) is 17.2 Å². The van der Waals surface area contributed by atoms with Gasteiger partial charge in [0.1, 0.15) is 11.4 Å². The molecule has 0 aliphatic heterocycles. The number of carbonyl (C=O) groups is 1. The molecule has 0 fully saturated rings. The Kier molecular flexibility index (Phi) is 2.75. The van der Waals surface area contributed by atoms with E-state index in [0.717, 1.165) is 0 Å². The fourth-order valence-corrected chi connectivity index (χ4v) is 1.34. The van der Waals surface area contributed by atoms with Crippen molar-refractivity contribution in [1.82, 2.24) is 9.97 Å². The highest BCUT2D eigenvalue weighted by molar-refractivity contribution is 6.08. The van der Waals surface area contributed by atoms with Gasteiger partial charge in [0.2, 0.25) is 5.78 Å². The molecule has 16 heavy (non-hydrogen) atoms. The van der Waals surface area contributed by atoms with Gasteiger partial charge in [-0.3, -0.25) is 4.79 Å². The van der Waals surface area contributed by atoms with E-state index in [4.69, 9.17) is 6.42 Å². The second-order valence-electron chi connectivity index (χ2n) is 3.09. The molecule has 0 bridgehead atoms. The van der Waals surface area contributed by atoms with Crippen LogP contribution in [0.1, 0.15) is 21.7 Å². The lowest BCUT2D eigenvalue weighted by Crippen LogP contribution is -2.07. The first kappa shape index (κ1) is 10.1. The number of hydrogen-bond donors (Lipinski definition) is 0. The molecule has 0 atom stereocenters. The van der Waals surface area contributed by atoms with Crippen molar-refractivity contribution in [3.8, 4) is 12.3 Å². The number of hydrogen-bond acceptors (Lipinski definition) is 3. The molecule has 3 heteroatoms. The zero-order valence-corrected chi connectivity index (χ0v) is 8.42. The molecular formula is C13H8N2O. The van der Waals surface area contributed by atoms with Gasteiger partial charge in [-0.15, -0.1) is 6.42 Å². The highest BCUT2D eigenvalue weighted by atomic mass is 16.1. The third-order valence-electron chi connectivity index (χ3n) is 2.09. The van der Waals surface area contributed by atoms with Gasteiger partial charge in [0.15, 0.2) is 0 Å². The normalized spacial score (nSPS) is 9.44. The lowest BCUT2D eigenvalue weighted by molar-refractivity contribution is 0.103. The van der Waals surface area contributed by atoms with Crippen molar-refractivity contribution >= 4 is 5.78 Å². The highest BCUT2D eigenvalue weighted by Gasteiger charge is 2.14. The molecule has 3 nitrogen and oxygen atoms in total. The lowest BCUT2D eigenvalue weighted by atomic mass is 10.1. The van der Waals surface area contributed by atoms with Gasteiger partial charge in [0, 0.05) is 18.0 Å². The van der Waals surface area contributed by atoms with Gasteiger partial charge in [0.05, 0.1) is 0 Å². The van der Waals surface area contributed by atoms with Crippen LogP contribution in [0.3, 0.4) is 0 Å². The number of benzene rings is 1. The zero-order chi connectivity index (χ0) is 11.4. The molecule has 0 saturated heterocycles. The standard InChI is InChI=1S/C13H8N2O/c1-2-11-12(15-9-8-14-11)13(16)10-6-4-3-5-7-10/h1,3-9H. The molecule has 1 heterocycles. The fourth-order valence-electron chi connectivity index (χ4n) is 1.34. The average molecular weight is 208 g/mol. The van der Waals surface area contributed by atoms with E-state index in [2.05, 4.69) is 15.9 Å². The molecule has 0 radical (unpaired) electrons. The highest BCUT2D eigenvalue weighted by Crippen LogP contribution is 2.09. The van der Waals surface area contributed by atoms with Crippen LogP contribution in [-0.4, -0.2) is 15.8 Å². The van der Waals surface area contributed by atoms with Crippen molar-refractivity contribution in [3.05, 3.63) is 59.7 Å². The van der Waals surface area contributed by atoms with E-state index in [9.17, 15) is 4.79 Å². The summed E-state index contributed by atoms with van der Waals surface area (Å²) < 4.78 is 0. The molecule has 0 amide bonds. The topological polar surface area (TPSA) is 42.9 Å². The van der Waals surface area contributed by atoms with Gasteiger partial charge in [-0.25, -0.2) is 9.97 Å². The van der Waals surface area contributed by atoms with Gasteiger partial charge in [0.25, 0.3) is 0 Å². The summed E-state index contributed by atoms with van der Waals surface area (Å²) in [4.78, 5) is 19.9. The molecule has 0 unspecified atom stereocenters. The Hall–Kier alpha value is -2.47. The minimum absolute atomic E-state index is 0.207. The SMILES string of the molecule is C#Cc1nccnc1C(=O)c1ccccc1. The van der Waals surface area contributed by atoms with Crippen LogP contribution < -0.4 is 0 Å². The Morgan fingerprint density at radius 1 is 1.12 bits per heavy atom. The van der Waals surface area contributed by atoms with E-state index in [1.54, 1.807) is 24.3 Å².